The van der Waals surface area contributed by atoms with Gasteiger partial charge in [-0.15, -0.1) is 0 Å². The molecule has 0 saturated heterocycles. The van der Waals surface area contributed by atoms with Crippen LogP contribution in [0.2, 0.25) is 0 Å². The topological polar surface area (TPSA) is 72.8 Å². The van der Waals surface area contributed by atoms with Crippen molar-refractivity contribution in [2.45, 2.75) is 13.8 Å². The fourth-order valence-corrected chi connectivity index (χ4v) is 1.64. The first-order valence-corrected chi connectivity index (χ1v) is 5.17. The maximum atomic E-state index is 9.28. The van der Waals surface area contributed by atoms with Crippen LogP contribution in [-0.4, -0.2) is 37.4 Å². The molecule has 5 heteroatoms. The van der Waals surface area contributed by atoms with Gasteiger partial charge in [0.1, 0.15) is 5.75 Å². The predicted octanol–water partition coefficient (Wildman–Crippen LogP) is 1.96. The van der Waals surface area contributed by atoms with Crippen LogP contribution >= 0.6 is 0 Å². The molecule has 0 aromatic heterocycles. The Morgan fingerprint density at radius 2 is 1.59 bits per heavy atom. The molecule has 1 aromatic carbocycles. The Balaban J connectivity index is 0.000000437. The first-order valence-electron chi connectivity index (χ1n) is 5.17. The zero-order chi connectivity index (χ0) is 13.6. The van der Waals surface area contributed by atoms with Crippen molar-refractivity contribution in [1.29, 1.82) is 0 Å². The molecule has 0 aliphatic carbocycles. The molecule has 1 rings (SSSR count). The van der Waals surface area contributed by atoms with Gasteiger partial charge >= 0.3 is 6.09 Å². The number of phenols is 1. The molecular weight excluding hydrogens is 220 g/mol. The van der Waals surface area contributed by atoms with E-state index in [1.165, 1.54) is 12.7 Å². The summed E-state index contributed by atoms with van der Waals surface area (Å²) in [4.78, 5) is 11.3. The van der Waals surface area contributed by atoms with E-state index >= 15 is 0 Å². The van der Waals surface area contributed by atoms with Crippen LogP contribution in [0.5, 0.6) is 5.75 Å². The number of amides is 1. The standard InChI is InChI=1S/C10H15NO.C2H5NO2/c1-7-5-9(12)6-8(2)10(7)11(3)4;1-3-2(4)5/h5-6,12H,1-4H3;3H,1H3,(H,4,5). The number of aromatic hydroxyl groups is 1. The van der Waals surface area contributed by atoms with E-state index in [9.17, 15) is 9.90 Å². The first-order chi connectivity index (χ1) is 7.79. The van der Waals surface area contributed by atoms with Gasteiger partial charge in [0.25, 0.3) is 0 Å². The molecule has 0 aliphatic heterocycles. The van der Waals surface area contributed by atoms with Gasteiger partial charge in [-0.05, 0) is 37.1 Å². The third kappa shape index (κ3) is 5.10. The minimum Gasteiger partial charge on any atom is -0.508 e. The molecule has 96 valence electrons. The summed E-state index contributed by atoms with van der Waals surface area (Å²) in [5.41, 5.74) is 3.41. The number of carbonyl (C=O) groups is 1. The van der Waals surface area contributed by atoms with Gasteiger partial charge in [-0.25, -0.2) is 4.79 Å². The summed E-state index contributed by atoms with van der Waals surface area (Å²) in [6.07, 6.45) is -0.995. The average molecular weight is 240 g/mol. The number of nitrogens with one attached hydrogen (secondary N) is 1. The zero-order valence-corrected chi connectivity index (χ0v) is 10.9. The van der Waals surface area contributed by atoms with Crippen LogP contribution in [0.25, 0.3) is 0 Å². The lowest BCUT2D eigenvalue weighted by Crippen LogP contribution is -2.13. The molecule has 0 unspecified atom stereocenters. The third-order valence-electron chi connectivity index (χ3n) is 2.14. The number of phenolic OH excluding ortho intramolecular Hbond substituents is 1. The lowest BCUT2D eigenvalue weighted by molar-refractivity contribution is 0.197. The smallest absolute Gasteiger partial charge is 0.404 e. The second-order valence-electron chi connectivity index (χ2n) is 3.88. The number of anilines is 1. The van der Waals surface area contributed by atoms with Crippen LogP contribution in [0.15, 0.2) is 12.1 Å². The van der Waals surface area contributed by atoms with Crippen molar-refractivity contribution in [3.8, 4) is 5.75 Å². The van der Waals surface area contributed by atoms with Crippen LogP contribution in [-0.2, 0) is 0 Å². The molecule has 0 bridgehead atoms. The van der Waals surface area contributed by atoms with Crippen molar-refractivity contribution in [2.24, 2.45) is 0 Å². The largest absolute Gasteiger partial charge is 0.508 e. The molecule has 0 atom stereocenters. The Kier molecular flexibility index (Phi) is 5.88. The van der Waals surface area contributed by atoms with Crippen molar-refractivity contribution >= 4 is 11.8 Å². The molecule has 0 spiro atoms. The molecule has 5 nitrogen and oxygen atoms in total. The lowest BCUT2D eigenvalue weighted by atomic mass is 10.1. The summed E-state index contributed by atoms with van der Waals surface area (Å²) >= 11 is 0. The molecule has 17 heavy (non-hydrogen) atoms. The SMILES string of the molecule is CNC(=O)O.Cc1cc(O)cc(C)c1N(C)C. The maximum Gasteiger partial charge on any atom is 0.404 e. The van der Waals surface area contributed by atoms with E-state index in [1.54, 1.807) is 12.1 Å². The predicted molar refractivity (Wildman–Crippen MR) is 69.0 cm³/mol. The second-order valence-corrected chi connectivity index (χ2v) is 3.88. The average Bonchev–Trinajstić information content (AvgIpc) is 2.15. The highest BCUT2D eigenvalue weighted by atomic mass is 16.4. The van der Waals surface area contributed by atoms with Crippen molar-refractivity contribution < 1.29 is 15.0 Å². The van der Waals surface area contributed by atoms with Crippen molar-refractivity contribution in [1.82, 2.24) is 5.32 Å². The number of hydrogen-bond acceptors (Lipinski definition) is 3. The quantitative estimate of drug-likeness (QED) is 0.701. The minimum atomic E-state index is -0.995. The van der Waals surface area contributed by atoms with Gasteiger partial charge < -0.3 is 20.4 Å². The normalized spacial score (nSPS) is 9.00. The Labute approximate surface area is 102 Å². The Hall–Kier alpha value is -1.91. The van der Waals surface area contributed by atoms with Gasteiger partial charge in [0.2, 0.25) is 0 Å². The van der Waals surface area contributed by atoms with E-state index < -0.39 is 6.09 Å². The third-order valence-corrected chi connectivity index (χ3v) is 2.14. The molecule has 3 N–H and O–H groups in total. The van der Waals surface area contributed by atoms with E-state index in [1.807, 2.05) is 33.3 Å². The number of hydrogen-bond donors (Lipinski definition) is 3. The van der Waals surface area contributed by atoms with Gasteiger partial charge in [0.15, 0.2) is 0 Å². The summed E-state index contributed by atoms with van der Waals surface area (Å²) in [5.74, 6) is 0.343. The molecule has 0 heterocycles. The van der Waals surface area contributed by atoms with E-state index in [0.29, 0.717) is 5.75 Å². The molecule has 1 aromatic rings. The van der Waals surface area contributed by atoms with E-state index in [0.717, 1.165) is 11.1 Å². The fraction of sp³-hybridized carbons (Fsp3) is 0.417. The highest BCUT2D eigenvalue weighted by Crippen LogP contribution is 2.27. The van der Waals surface area contributed by atoms with Crippen molar-refractivity contribution in [2.75, 3.05) is 26.0 Å². The van der Waals surface area contributed by atoms with Crippen molar-refractivity contribution in [3.63, 3.8) is 0 Å². The van der Waals surface area contributed by atoms with Gasteiger partial charge in [0.05, 0.1) is 0 Å². The number of aryl methyl sites for hydroxylation is 2. The van der Waals surface area contributed by atoms with Crippen molar-refractivity contribution in [3.05, 3.63) is 23.3 Å². The zero-order valence-electron chi connectivity index (χ0n) is 10.9. The number of carboxylic acid groups (broad SMARTS) is 1. The van der Waals surface area contributed by atoms with Crippen LogP contribution in [0.4, 0.5) is 10.5 Å². The summed E-state index contributed by atoms with van der Waals surface area (Å²) in [6, 6.07) is 3.56. The molecule has 0 saturated carbocycles. The second kappa shape index (κ2) is 6.62. The van der Waals surface area contributed by atoms with Gasteiger partial charge in [0, 0.05) is 26.8 Å². The van der Waals surface area contributed by atoms with Gasteiger partial charge in [-0.2, -0.15) is 0 Å². The Morgan fingerprint density at radius 1 is 1.24 bits per heavy atom. The summed E-state index contributed by atoms with van der Waals surface area (Å²) in [7, 11) is 5.36. The molecule has 0 radical (unpaired) electrons. The molecule has 0 aliphatic rings. The molecule has 0 fully saturated rings. The number of rotatable bonds is 1. The molecule has 1 amide bonds. The number of benzene rings is 1. The summed E-state index contributed by atoms with van der Waals surface area (Å²) < 4.78 is 0. The number of nitrogens with zero attached hydrogens (tertiary/aromatic N) is 1. The fourth-order valence-electron chi connectivity index (χ4n) is 1.64. The monoisotopic (exact) mass is 240 g/mol. The van der Waals surface area contributed by atoms with E-state index in [-0.39, 0.29) is 0 Å². The highest BCUT2D eigenvalue weighted by Gasteiger charge is 2.05. The van der Waals surface area contributed by atoms with E-state index in [4.69, 9.17) is 5.11 Å². The molecular formula is C12H20N2O3. The van der Waals surface area contributed by atoms with Crippen LogP contribution in [0, 0.1) is 13.8 Å². The first kappa shape index (κ1) is 15.1. The van der Waals surface area contributed by atoms with Gasteiger partial charge in [-0.1, -0.05) is 0 Å². The van der Waals surface area contributed by atoms with Crippen LogP contribution < -0.4 is 10.2 Å². The maximum absolute atomic E-state index is 9.28. The Bertz CT molecular complexity index is 366. The minimum absolute atomic E-state index is 0.343. The van der Waals surface area contributed by atoms with Gasteiger partial charge in [-0.3, -0.25) is 0 Å². The van der Waals surface area contributed by atoms with Crippen LogP contribution in [0.1, 0.15) is 11.1 Å². The lowest BCUT2D eigenvalue weighted by Gasteiger charge is -2.18. The van der Waals surface area contributed by atoms with Crippen LogP contribution in [0.3, 0.4) is 0 Å². The summed E-state index contributed by atoms with van der Waals surface area (Å²) in [6.45, 7) is 4.00. The Morgan fingerprint density at radius 3 is 1.82 bits per heavy atom. The van der Waals surface area contributed by atoms with E-state index in [2.05, 4.69) is 4.90 Å². The summed E-state index contributed by atoms with van der Waals surface area (Å²) in [5, 5.41) is 18.8. The highest BCUT2D eigenvalue weighted by molar-refractivity contribution is 5.63.